The standard InChI is InChI=1S/C18H33N5O2/c1-6-7-8-19-15(24)13-22-9-11-23(12-10-22)14(2)16-20-17(21-25-16)18(3,4)5/h14H,6-13H2,1-5H3,(H,19,24). The number of piperazine rings is 1. The Morgan fingerprint density at radius 2 is 1.96 bits per heavy atom. The molecule has 1 saturated heterocycles. The van der Waals surface area contributed by atoms with E-state index in [1.165, 1.54) is 0 Å². The van der Waals surface area contributed by atoms with Crippen LogP contribution in [0.2, 0.25) is 0 Å². The minimum Gasteiger partial charge on any atom is -0.355 e. The van der Waals surface area contributed by atoms with Gasteiger partial charge in [0, 0.05) is 38.1 Å². The molecule has 1 fully saturated rings. The Morgan fingerprint density at radius 1 is 1.28 bits per heavy atom. The number of hydrogen-bond acceptors (Lipinski definition) is 6. The molecule has 0 aromatic carbocycles. The normalized spacial score (nSPS) is 18.3. The minimum atomic E-state index is -0.106. The number of rotatable bonds is 7. The molecule has 0 bridgehead atoms. The van der Waals surface area contributed by atoms with E-state index in [0.717, 1.165) is 51.4 Å². The maximum atomic E-state index is 11.9. The molecule has 1 atom stereocenters. The third-order valence-electron chi connectivity index (χ3n) is 4.64. The summed E-state index contributed by atoms with van der Waals surface area (Å²) in [4.78, 5) is 21.0. The van der Waals surface area contributed by atoms with E-state index in [1.807, 2.05) is 0 Å². The van der Waals surface area contributed by atoms with Gasteiger partial charge in [0.25, 0.3) is 0 Å². The molecule has 2 rings (SSSR count). The van der Waals surface area contributed by atoms with Crippen LogP contribution in [0.4, 0.5) is 0 Å². The molecular weight excluding hydrogens is 318 g/mol. The fraction of sp³-hybridized carbons (Fsp3) is 0.833. The summed E-state index contributed by atoms with van der Waals surface area (Å²) in [6, 6.07) is 0.101. The first-order valence-corrected chi connectivity index (χ1v) is 9.38. The van der Waals surface area contributed by atoms with Crippen molar-refractivity contribution in [3.63, 3.8) is 0 Å². The smallest absolute Gasteiger partial charge is 0.243 e. The maximum absolute atomic E-state index is 11.9. The zero-order chi connectivity index (χ0) is 18.4. The van der Waals surface area contributed by atoms with E-state index < -0.39 is 0 Å². The highest BCUT2D eigenvalue weighted by Crippen LogP contribution is 2.24. The van der Waals surface area contributed by atoms with Gasteiger partial charge < -0.3 is 9.84 Å². The molecule has 1 aliphatic heterocycles. The second kappa shape index (κ2) is 8.76. The zero-order valence-corrected chi connectivity index (χ0v) is 16.3. The first kappa shape index (κ1) is 19.8. The van der Waals surface area contributed by atoms with Crippen LogP contribution in [0, 0.1) is 0 Å². The lowest BCUT2D eigenvalue weighted by molar-refractivity contribution is -0.122. The predicted molar refractivity (Wildman–Crippen MR) is 97.3 cm³/mol. The number of nitrogens with zero attached hydrogens (tertiary/aromatic N) is 4. The monoisotopic (exact) mass is 351 g/mol. The summed E-state index contributed by atoms with van der Waals surface area (Å²) in [6.45, 7) is 15.3. The second-order valence-corrected chi connectivity index (χ2v) is 7.90. The van der Waals surface area contributed by atoms with Gasteiger partial charge in [-0.05, 0) is 13.3 Å². The molecule has 0 spiro atoms. The molecule has 7 nitrogen and oxygen atoms in total. The molecule has 1 aliphatic rings. The summed E-state index contributed by atoms with van der Waals surface area (Å²) < 4.78 is 5.47. The molecule has 0 radical (unpaired) electrons. The molecule has 1 aromatic rings. The van der Waals surface area contributed by atoms with Crippen LogP contribution in [0.1, 0.15) is 65.2 Å². The van der Waals surface area contributed by atoms with Crippen LogP contribution in [-0.2, 0) is 10.2 Å². The highest BCUT2D eigenvalue weighted by molar-refractivity contribution is 5.77. The lowest BCUT2D eigenvalue weighted by atomic mass is 9.96. The Morgan fingerprint density at radius 3 is 2.52 bits per heavy atom. The van der Waals surface area contributed by atoms with E-state index in [1.54, 1.807) is 0 Å². The molecule has 142 valence electrons. The highest BCUT2D eigenvalue weighted by atomic mass is 16.5. The lowest BCUT2D eigenvalue weighted by Gasteiger charge is -2.36. The summed E-state index contributed by atoms with van der Waals surface area (Å²) in [5.74, 6) is 1.55. The fourth-order valence-electron chi connectivity index (χ4n) is 2.84. The molecule has 0 saturated carbocycles. The number of carbonyl (C=O) groups is 1. The molecule has 1 N–H and O–H groups in total. The van der Waals surface area contributed by atoms with Crippen molar-refractivity contribution in [1.82, 2.24) is 25.3 Å². The van der Waals surface area contributed by atoms with Crippen molar-refractivity contribution < 1.29 is 9.32 Å². The molecule has 25 heavy (non-hydrogen) atoms. The lowest BCUT2D eigenvalue weighted by Crippen LogP contribution is -2.50. The Bertz CT molecular complexity index is 544. The van der Waals surface area contributed by atoms with Crippen LogP contribution in [0.15, 0.2) is 4.52 Å². The first-order valence-electron chi connectivity index (χ1n) is 9.38. The molecule has 1 unspecified atom stereocenters. The van der Waals surface area contributed by atoms with Crippen molar-refractivity contribution in [2.24, 2.45) is 0 Å². The SMILES string of the molecule is CCCCNC(=O)CN1CCN(C(C)c2nc(C(C)(C)C)no2)CC1. The molecule has 7 heteroatoms. The average molecular weight is 351 g/mol. The number of amides is 1. The van der Waals surface area contributed by atoms with Gasteiger partial charge >= 0.3 is 0 Å². The third-order valence-corrected chi connectivity index (χ3v) is 4.64. The van der Waals surface area contributed by atoms with E-state index >= 15 is 0 Å². The molecule has 1 aromatic heterocycles. The number of unbranched alkanes of at least 4 members (excludes halogenated alkanes) is 1. The van der Waals surface area contributed by atoms with Gasteiger partial charge in [0.2, 0.25) is 11.8 Å². The summed E-state index contributed by atoms with van der Waals surface area (Å²) >= 11 is 0. The van der Waals surface area contributed by atoms with Gasteiger partial charge in [-0.25, -0.2) is 0 Å². The molecule has 2 heterocycles. The summed E-state index contributed by atoms with van der Waals surface area (Å²) in [7, 11) is 0. The van der Waals surface area contributed by atoms with Gasteiger partial charge in [0.15, 0.2) is 5.82 Å². The van der Waals surface area contributed by atoms with Gasteiger partial charge in [-0.2, -0.15) is 4.98 Å². The van der Waals surface area contributed by atoms with Crippen LogP contribution in [0.25, 0.3) is 0 Å². The van der Waals surface area contributed by atoms with Crippen molar-refractivity contribution in [3.8, 4) is 0 Å². The Kier molecular flexibility index (Phi) is 6.95. The topological polar surface area (TPSA) is 74.5 Å². The van der Waals surface area contributed by atoms with Gasteiger partial charge in [-0.15, -0.1) is 0 Å². The van der Waals surface area contributed by atoms with Crippen LogP contribution >= 0.6 is 0 Å². The van der Waals surface area contributed by atoms with Crippen molar-refractivity contribution in [2.75, 3.05) is 39.3 Å². The van der Waals surface area contributed by atoms with E-state index in [2.05, 4.69) is 59.9 Å². The summed E-state index contributed by atoms with van der Waals surface area (Å²) in [5.41, 5.74) is -0.106. The van der Waals surface area contributed by atoms with Gasteiger partial charge in [0.1, 0.15) is 0 Å². The van der Waals surface area contributed by atoms with Crippen LogP contribution in [-0.4, -0.2) is 65.1 Å². The Balaban J connectivity index is 1.79. The maximum Gasteiger partial charge on any atom is 0.243 e. The fourth-order valence-corrected chi connectivity index (χ4v) is 2.84. The molecular formula is C18H33N5O2. The quantitative estimate of drug-likeness (QED) is 0.757. The third kappa shape index (κ3) is 5.78. The Labute approximate surface area is 151 Å². The zero-order valence-electron chi connectivity index (χ0n) is 16.3. The van der Waals surface area contributed by atoms with Crippen LogP contribution in [0.3, 0.4) is 0 Å². The van der Waals surface area contributed by atoms with Crippen LogP contribution < -0.4 is 5.32 Å². The van der Waals surface area contributed by atoms with Crippen molar-refractivity contribution in [3.05, 3.63) is 11.7 Å². The Hall–Kier alpha value is -1.47. The number of carbonyl (C=O) groups excluding carboxylic acids is 1. The van der Waals surface area contributed by atoms with E-state index in [4.69, 9.17) is 4.52 Å². The summed E-state index contributed by atoms with van der Waals surface area (Å²) in [5, 5.41) is 7.10. The van der Waals surface area contributed by atoms with Crippen LogP contribution in [0.5, 0.6) is 0 Å². The van der Waals surface area contributed by atoms with Gasteiger partial charge in [0.05, 0.1) is 12.6 Å². The average Bonchev–Trinajstić information content (AvgIpc) is 3.05. The number of nitrogens with one attached hydrogen (secondary N) is 1. The van der Waals surface area contributed by atoms with E-state index in [9.17, 15) is 4.79 Å². The summed E-state index contributed by atoms with van der Waals surface area (Å²) in [6.07, 6.45) is 2.14. The first-order chi connectivity index (χ1) is 11.8. The number of aromatic nitrogens is 2. The minimum absolute atomic E-state index is 0.101. The van der Waals surface area contributed by atoms with Gasteiger partial charge in [-0.1, -0.05) is 39.3 Å². The van der Waals surface area contributed by atoms with E-state index in [0.29, 0.717) is 12.4 Å². The van der Waals surface area contributed by atoms with E-state index in [-0.39, 0.29) is 17.4 Å². The molecule has 0 aliphatic carbocycles. The van der Waals surface area contributed by atoms with Crippen molar-refractivity contribution in [1.29, 1.82) is 0 Å². The second-order valence-electron chi connectivity index (χ2n) is 7.90. The predicted octanol–water partition coefficient (Wildman–Crippen LogP) is 1.96. The highest BCUT2D eigenvalue weighted by Gasteiger charge is 2.28. The van der Waals surface area contributed by atoms with Crippen molar-refractivity contribution in [2.45, 2.75) is 58.9 Å². The number of hydrogen-bond donors (Lipinski definition) is 1. The van der Waals surface area contributed by atoms with Crippen molar-refractivity contribution >= 4 is 5.91 Å². The largest absolute Gasteiger partial charge is 0.355 e. The van der Waals surface area contributed by atoms with Gasteiger partial charge in [-0.3, -0.25) is 14.6 Å². The molecule has 1 amide bonds.